The molecule has 32 heavy (non-hydrogen) atoms. The van der Waals surface area contributed by atoms with E-state index >= 15 is 0 Å². The molecule has 0 aliphatic carbocycles. The van der Waals surface area contributed by atoms with E-state index in [4.69, 9.17) is 4.74 Å². The largest absolute Gasteiger partial charge is 0.497 e. The van der Waals surface area contributed by atoms with E-state index in [0.29, 0.717) is 51.7 Å². The number of anilines is 1. The van der Waals surface area contributed by atoms with Crippen molar-refractivity contribution in [3.05, 3.63) is 59.0 Å². The highest BCUT2D eigenvalue weighted by atomic mass is 16.5. The summed E-state index contributed by atoms with van der Waals surface area (Å²) in [6.45, 7) is 4.60. The Morgan fingerprint density at radius 2 is 2.00 bits per heavy atom. The van der Waals surface area contributed by atoms with Crippen molar-refractivity contribution < 1.29 is 4.74 Å². The lowest BCUT2D eigenvalue weighted by Gasteiger charge is -2.16. The minimum absolute atomic E-state index is 0.267. The molecule has 4 heterocycles. The number of benzene rings is 1. The van der Waals surface area contributed by atoms with Gasteiger partial charge in [0.2, 0.25) is 0 Å². The Morgan fingerprint density at radius 1 is 1.19 bits per heavy atom. The highest BCUT2D eigenvalue weighted by Crippen LogP contribution is 2.32. The van der Waals surface area contributed by atoms with Crippen molar-refractivity contribution in [1.29, 1.82) is 0 Å². The smallest absolute Gasteiger partial charge is 0.261 e. The maximum absolute atomic E-state index is 13.2. The van der Waals surface area contributed by atoms with Gasteiger partial charge in [0.05, 0.1) is 35.4 Å². The normalized spacial score (nSPS) is 12.3. The average Bonchev–Trinajstić information content (AvgIpc) is 3.42. The van der Waals surface area contributed by atoms with E-state index in [2.05, 4.69) is 35.3 Å². The molecule has 0 saturated heterocycles. The van der Waals surface area contributed by atoms with Crippen LogP contribution in [0.2, 0.25) is 0 Å². The zero-order valence-corrected chi connectivity index (χ0v) is 17.9. The van der Waals surface area contributed by atoms with E-state index in [0.717, 1.165) is 5.52 Å². The van der Waals surface area contributed by atoms with Gasteiger partial charge in [-0.05, 0) is 32.0 Å². The summed E-state index contributed by atoms with van der Waals surface area (Å²) in [6.07, 6.45) is 5.19. The number of H-pyrrole nitrogens is 2. The van der Waals surface area contributed by atoms with Gasteiger partial charge in [0.1, 0.15) is 28.5 Å². The predicted octanol–water partition coefficient (Wildman–Crippen LogP) is 3.26. The lowest BCUT2D eigenvalue weighted by molar-refractivity contribution is 0.415. The number of aromatic amines is 2. The van der Waals surface area contributed by atoms with Crippen LogP contribution in [-0.4, -0.2) is 41.8 Å². The Morgan fingerprint density at radius 3 is 2.75 bits per heavy atom. The molecule has 1 atom stereocenters. The number of pyridine rings is 1. The standard InChI is InChI=1S/C22H22N8O2/c1-4-30-11-16-18(29-30)19(25-12(2)20-23-8-5-9-24-20)17(22(31)28-16)21-26-14-7-6-13(32-3)10-15(14)27-21/h5-12,25H,4H2,1-3H3,(H,26,27)(H,28,31). The Bertz CT molecular complexity index is 1470. The number of ether oxygens (including phenoxy) is 1. The SMILES string of the molecule is CCn1cc2[nH]c(=O)c(-c3nc4cc(OC)ccc4[nH]3)c(NC(C)c3ncccn3)c2n1. The van der Waals surface area contributed by atoms with Crippen LogP contribution in [0.15, 0.2) is 47.7 Å². The molecule has 0 saturated carbocycles. The van der Waals surface area contributed by atoms with E-state index in [9.17, 15) is 4.79 Å². The van der Waals surface area contributed by atoms with Gasteiger partial charge in [0.25, 0.3) is 5.56 Å². The number of aromatic nitrogens is 7. The molecule has 5 rings (SSSR count). The second-order valence-electron chi connectivity index (χ2n) is 7.39. The molecule has 0 bridgehead atoms. The van der Waals surface area contributed by atoms with Crippen molar-refractivity contribution in [1.82, 2.24) is 34.7 Å². The Balaban J connectivity index is 1.71. The molecule has 4 aromatic heterocycles. The van der Waals surface area contributed by atoms with Crippen molar-refractivity contribution in [2.45, 2.75) is 26.4 Å². The summed E-state index contributed by atoms with van der Waals surface area (Å²) in [6, 6.07) is 7.03. The Kier molecular flexibility index (Phi) is 4.81. The van der Waals surface area contributed by atoms with Crippen LogP contribution >= 0.6 is 0 Å². The number of rotatable bonds is 6. The van der Waals surface area contributed by atoms with E-state index in [1.807, 2.05) is 38.2 Å². The van der Waals surface area contributed by atoms with Gasteiger partial charge in [0, 0.05) is 31.2 Å². The second kappa shape index (κ2) is 7.80. The van der Waals surface area contributed by atoms with Gasteiger partial charge in [-0.2, -0.15) is 5.10 Å². The molecule has 1 unspecified atom stereocenters. The second-order valence-corrected chi connectivity index (χ2v) is 7.39. The third-order valence-electron chi connectivity index (χ3n) is 5.31. The Labute approximate surface area is 182 Å². The summed E-state index contributed by atoms with van der Waals surface area (Å²) in [5, 5.41) is 8.08. The lowest BCUT2D eigenvalue weighted by Crippen LogP contribution is -2.17. The molecule has 0 spiro atoms. The molecule has 10 heteroatoms. The summed E-state index contributed by atoms with van der Waals surface area (Å²) < 4.78 is 7.08. The molecule has 0 aliphatic heterocycles. The van der Waals surface area contributed by atoms with Crippen LogP contribution in [0.1, 0.15) is 25.7 Å². The average molecular weight is 430 g/mol. The molecule has 0 fully saturated rings. The minimum atomic E-state index is -0.275. The first kappa shape index (κ1) is 19.7. The van der Waals surface area contributed by atoms with Gasteiger partial charge < -0.3 is 20.0 Å². The number of imidazole rings is 1. The van der Waals surface area contributed by atoms with E-state index in [1.54, 1.807) is 30.3 Å². The fourth-order valence-electron chi connectivity index (χ4n) is 3.69. The number of hydrogen-bond donors (Lipinski definition) is 3. The number of methoxy groups -OCH3 is 1. The fraction of sp³-hybridized carbons (Fsp3) is 0.227. The first-order valence-electron chi connectivity index (χ1n) is 10.3. The first-order chi connectivity index (χ1) is 15.6. The van der Waals surface area contributed by atoms with Crippen LogP contribution in [0, 0.1) is 0 Å². The summed E-state index contributed by atoms with van der Waals surface area (Å²) in [7, 11) is 1.60. The number of fused-ring (bicyclic) bond motifs is 2. The van der Waals surface area contributed by atoms with Gasteiger partial charge in [-0.1, -0.05) is 0 Å². The van der Waals surface area contributed by atoms with Crippen molar-refractivity contribution in [2.75, 3.05) is 12.4 Å². The molecule has 0 aliphatic rings. The number of aryl methyl sites for hydroxylation is 1. The van der Waals surface area contributed by atoms with Gasteiger partial charge in [-0.25, -0.2) is 15.0 Å². The van der Waals surface area contributed by atoms with Crippen LogP contribution in [0.4, 0.5) is 5.69 Å². The summed E-state index contributed by atoms with van der Waals surface area (Å²) in [5.74, 6) is 1.73. The van der Waals surface area contributed by atoms with Crippen molar-refractivity contribution >= 4 is 27.8 Å². The number of nitrogens with zero attached hydrogens (tertiary/aromatic N) is 5. The fourth-order valence-corrected chi connectivity index (χ4v) is 3.69. The number of nitrogens with one attached hydrogen (secondary N) is 3. The quantitative estimate of drug-likeness (QED) is 0.377. The van der Waals surface area contributed by atoms with Crippen LogP contribution in [-0.2, 0) is 6.54 Å². The molecular formula is C22H22N8O2. The van der Waals surface area contributed by atoms with Gasteiger partial charge >= 0.3 is 0 Å². The predicted molar refractivity (Wildman–Crippen MR) is 122 cm³/mol. The highest BCUT2D eigenvalue weighted by molar-refractivity contribution is 5.96. The maximum atomic E-state index is 13.2. The highest BCUT2D eigenvalue weighted by Gasteiger charge is 2.22. The summed E-state index contributed by atoms with van der Waals surface area (Å²) in [5.41, 5.74) is 3.44. The van der Waals surface area contributed by atoms with Crippen LogP contribution in [0.3, 0.4) is 0 Å². The third kappa shape index (κ3) is 3.35. The molecule has 0 amide bonds. The van der Waals surface area contributed by atoms with Crippen LogP contribution in [0.25, 0.3) is 33.5 Å². The third-order valence-corrected chi connectivity index (χ3v) is 5.31. The zero-order chi connectivity index (χ0) is 22.2. The molecule has 1 aromatic carbocycles. The van der Waals surface area contributed by atoms with E-state index < -0.39 is 0 Å². The summed E-state index contributed by atoms with van der Waals surface area (Å²) >= 11 is 0. The van der Waals surface area contributed by atoms with Crippen molar-refractivity contribution in [3.63, 3.8) is 0 Å². The molecular weight excluding hydrogens is 408 g/mol. The van der Waals surface area contributed by atoms with Crippen molar-refractivity contribution in [3.8, 4) is 17.1 Å². The summed E-state index contributed by atoms with van der Waals surface area (Å²) in [4.78, 5) is 32.7. The van der Waals surface area contributed by atoms with Gasteiger partial charge in [0.15, 0.2) is 0 Å². The first-order valence-corrected chi connectivity index (χ1v) is 10.3. The van der Waals surface area contributed by atoms with E-state index in [-0.39, 0.29) is 11.6 Å². The minimum Gasteiger partial charge on any atom is -0.497 e. The topological polar surface area (TPSA) is 126 Å². The maximum Gasteiger partial charge on any atom is 0.261 e. The Hall–Kier alpha value is -4.21. The molecule has 162 valence electrons. The lowest BCUT2D eigenvalue weighted by atomic mass is 10.1. The zero-order valence-electron chi connectivity index (χ0n) is 17.9. The molecule has 5 aromatic rings. The monoisotopic (exact) mass is 430 g/mol. The van der Waals surface area contributed by atoms with Crippen LogP contribution < -0.4 is 15.6 Å². The van der Waals surface area contributed by atoms with Gasteiger partial charge in [-0.3, -0.25) is 9.48 Å². The molecule has 0 radical (unpaired) electrons. The number of hydrogen-bond acceptors (Lipinski definition) is 7. The van der Waals surface area contributed by atoms with Crippen molar-refractivity contribution in [2.24, 2.45) is 0 Å². The molecule has 3 N–H and O–H groups in total. The van der Waals surface area contributed by atoms with Gasteiger partial charge in [-0.15, -0.1) is 0 Å². The molecule has 10 nitrogen and oxygen atoms in total. The van der Waals surface area contributed by atoms with E-state index in [1.165, 1.54) is 0 Å². The van der Waals surface area contributed by atoms with Crippen LogP contribution in [0.5, 0.6) is 5.75 Å².